The first-order valence-electron chi connectivity index (χ1n) is 9.43. The van der Waals surface area contributed by atoms with Crippen LogP contribution in [0, 0.1) is 11.8 Å². The Hall–Kier alpha value is -0.870. The van der Waals surface area contributed by atoms with Gasteiger partial charge < -0.3 is 4.90 Å². The minimum atomic E-state index is -2.77. The Kier molecular flexibility index (Phi) is 5.66. The van der Waals surface area contributed by atoms with E-state index in [4.69, 9.17) is 0 Å². The Morgan fingerprint density at radius 1 is 1.12 bits per heavy atom. The van der Waals surface area contributed by atoms with Crippen LogP contribution in [0.1, 0.15) is 50.2 Å². The number of nitrogens with zero attached hydrogens (tertiary/aromatic N) is 1. The highest BCUT2D eigenvalue weighted by Crippen LogP contribution is 2.25. The average Bonchev–Trinajstić information content (AvgIpc) is 2.94. The molecule has 0 unspecified atom stereocenters. The first-order valence-corrected chi connectivity index (χ1v) is 11.2. The standard InChI is InChI=1S/C20H31NO2S/c1-16(2)20-7-5-17(6-8-20)12-18-9-10-21(13-18)14-19-4-3-11-24(22,23)15-19/h5-8,16,18-19H,3-4,9-15H2,1-2H3/t18-,19-/m1/s1. The van der Waals surface area contributed by atoms with E-state index in [1.807, 2.05) is 0 Å². The van der Waals surface area contributed by atoms with Crippen molar-refractivity contribution in [1.82, 2.24) is 4.90 Å². The van der Waals surface area contributed by atoms with E-state index in [9.17, 15) is 8.42 Å². The molecule has 134 valence electrons. The molecule has 0 amide bonds. The molecule has 3 nitrogen and oxygen atoms in total. The first-order chi connectivity index (χ1) is 11.4. The van der Waals surface area contributed by atoms with Crippen LogP contribution in [-0.2, 0) is 16.3 Å². The highest BCUT2D eigenvalue weighted by molar-refractivity contribution is 7.91. The van der Waals surface area contributed by atoms with E-state index < -0.39 is 9.84 Å². The monoisotopic (exact) mass is 349 g/mol. The molecule has 0 spiro atoms. The molecule has 1 aromatic carbocycles. The van der Waals surface area contributed by atoms with Crippen molar-refractivity contribution >= 4 is 9.84 Å². The lowest BCUT2D eigenvalue weighted by Crippen LogP contribution is -2.35. The lowest BCUT2D eigenvalue weighted by molar-refractivity contribution is 0.267. The van der Waals surface area contributed by atoms with Crippen molar-refractivity contribution in [2.24, 2.45) is 11.8 Å². The van der Waals surface area contributed by atoms with E-state index in [0.29, 0.717) is 23.3 Å². The maximum atomic E-state index is 11.8. The highest BCUT2D eigenvalue weighted by Gasteiger charge is 2.29. The van der Waals surface area contributed by atoms with Crippen LogP contribution in [0.4, 0.5) is 0 Å². The SMILES string of the molecule is CC(C)c1ccc(C[C@H]2CCN(C[C@H]3CCCS(=O)(=O)C3)C2)cc1. The van der Waals surface area contributed by atoms with Crippen LogP contribution in [0.3, 0.4) is 0 Å². The average molecular weight is 350 g/mol. The van der Waals surface area contributed by atoms with Crippen molar-refractivity contribution in [3.05, 3.63) is 35.4 Å². The summed E-state index contributed by atoms with van der Waals surface area (Å²) in [4.78, 5) is 2.50. The Bertz CT molecular complexity index is 636. The molecule has 3 rings (SSSR count). The van der Waals surface area contributed by atoms with Crippen LogP contribution in [0.15, 0.2) is 24.3 Å². The maximum absolute atomic E-state index is 11.8. The van der Waals surface area contributed by atoms with Gasteiger partial charge in [0.05, 0.1) is 11.5 Å². The van der Waals surface area contributed by atoms with Crippen LogP contribution >= 0.6 is 0 Å². The summed E-state index contributed by atoms with van der Waals surface area (Å²) < 4.78 is 23.6. The molecular formula is C20H31NO2S. The molecule has 2 aliphatic heterocycles. The number of hydrogen-bond donors (Lipinski definition) is 0. The maximum Gasteiger partial charge on any atom is 0.150 e. The van der Waals surface area contributed by atoms with Gasteiger partial charge in [-0.2, -0.15) is 0 Å². The summed E-state index contributed by atoms with van der Waals surface area (Å²) in [5.74, 6) is 2.47. The van der Waals surface area contributed by atoms with Crippen molar-refractivity contribution in [1.29, 1.82) is 0 Å². The van der Waals surface area contributed by atoms with Crippen molar-refractivity contribution in [3.63, 3.8) is 0 Å². The van der Waals surface area contributed by atoms with Crippen molar-refractivity contribution in [2.45, 2.75) is 45.4 Å². The van der Waals surface area contributed by atoms with Gasteiger partial charge >= 0.3 is 0 Å². The molecule has 0 saturated carbocycles. The zero-order valence-electron chi connectivity index (χ0n) is 15.1. The second-order valence-corrected chi connectivity index (χ2v) is 10.4. The molecule has 24 heavy (non-hydrogen) atoms. The predicted octanol–water partition coefficient (Wildman–Crippen LogP) is 3.50. The highest BCUT2D eigenvalue weighted by atomic mass is 32.2. The molecule has 0 aliphatic carbocycles. The van der Waals surface area contributed by atoms with Crippen LogP contribution < -0.4 is 0 Å². The van der Waals surface area contributed by atoms with Crippen LogP contribution in [-0.4, -0.2) is 44.5 Å². The molecule has 2 atom stereocenters. The van der Waals surface area contributed by atoms with Gasteiger partial charge in [-0.3, -0.25) is 0 Å². The fourth-order valence-corrected chi connectivity index (χ4v) is 6.01. The Balaban J connectivity index is 1.48. The van der Waals surface area contributed by atoms with E-state index in [-0.39, 0.29) is 0 Å². The number of sulfone groups is 1. The number of benzene rings is 1. The fourth-order valence-electron chi connectivity index (χ4n) is 4.24. The largest absolute Gasteiger partial charge is 0.303 e. The van der Waals surface area contributed by atoms with Gasteiger partial charge in [0.2, 0.25) is 0 Å². The molecule has 2 saturated heterocycles. The third kappa shape index (κ3) is 4.82. The third-order valence-electron chi connectivity index (χ3n) is 5.61. The van der Waals surface area contributed by atoms with E-state index in [1.165, 1.54) is 17.5 Å². The molecular weight excluding hydrogens is 318 g/mol. The smallest absolute Gasteiger partial charge is 0.150 e. The van der Waals surface area contributed by atoms with Gasteiger partial charge in [-0.1, -0.05) is 38.1 Å². The second-order valence-electron chi connectivity index (χ2n) is 8.14. The summed E-state index contributed by atoms with van der Waals surface area (Å²) >= 11 is 0. The van der Waals surface area contributed by atoms with Crippen molar-refractivity contribution in [3.8, 4) is 0 Å². The van der Waals surface area contributed by atoms with Gasteiger partial charge in [0.15, 0.2) is 9.84 Å². The van der Waals surface area contributed by atoms with Crippen LogP contribution in [0.25, 0.3) is 0 Å². The molecule has 0 bridgehead atoms. The lowest BCUT2D eigenvalue weighted by Gasteiger charge is -2.26. The van der Waals surface area contributed by atoms with E-state index in [1.54, 1.807) is 0 Å². The van der Waals surface area contributed by atoms with Gasteiger partial charge in [0.1, 0.15) is 0 Å². The summed E-state index contributed by atoms with van der Waals surface area (Å²) in [5.41, 5.74) is 2.84. The molecule has 0 N–H and O–H groups in total. The quantitative estimate of drug-likeness (QED) is 0.816. The van der Waals surface area contributed by atoms with Crippen LogP contribution in [0.5, 0.6) is 0 Å². The zero-order chi connectivity index (χ0) is 17.2. The second kappa shape index (κ2) is 7.57. The summed E-state index contributed by atoms with van der Waals surface area (Å²) in [7, 11) is -2.77. The minimum Gasteiger partial charge on any atom is -0.303 e. The van der Waals surface area contributed by atoms with E-state index in [0.717, 1.165) is 44.8 Å². The molecule has 0 radical (unpaired) electrons. The molecule has 2 aliphatic rings. The predicted molar refractivity (Wildman–Crippen MR) is 100 cm³/mol. The lowest BCUT2D eigenvalue weighted by atomic mass is 9.95. The number of hydrogen-bond acceptors (Lipinski definition) is 3. The summed E-state index contributed by atoms with van der Waals surface area (Å²) in [6.07, 6.45) is 4.33. The molecule has 0 aromatic heterocycles. The number of likely N-dealkylation sites (tertiary alicyclic amines) is 1. The van der Waals surface area contributed by atoms with E-state index in [2.05, 4.69) is 43.0 Å². The van der Waals surface area contributed by atoms with Crippen molar-refractivity contribution in [2.75, 3.05) is 31.1 Å². The summed E-state index contributed by atoms with van der Waals surface area (Å²) in [6, 6.07) is 9.09. The summed E-state index contributed by atoms with van der Waals surface area (Å²) in [6.45, 7) is 7.69. The van der Waals surface area contributed by atoms with Crippen molar-refractivity contribution < 1.29 is 8.42 Å². The zero-order valence-corrected chi connectivity index (χ0v) is 15.9. The summed E-state index contributed by atoms with van der Waals surface area (Å²) in [5, 5.41) is 0. The molecule has 2 heterocycles. The topological polar surface area (TPSA) is 37.4 Å². The Morgan fingerprint density at radius 3 is 2.54 bits per heavy atom. The van der Waals surface area contributed by atoms with Crippen LogP contribution in [0.2, 0.25) is 0 Å². The van der Waals surface area contributed by atoms with Gasteiger partial charge in [-0.25, -0.2) is 8.42 Å². The molecule has 1 aromatic rings. The van der Waals surface area contributed by atoms with Gasteiger partial charge in [-0.05, 0) is 61.1 Å². The molecule has 4 heteroatoms. The van der Waals surface area contributed by atoms with Gasteiger partial charge in [0.25, 0.3) is 0 Å². The van der Waals surface area contributed by atoms with E-state index >= 15 is 0 Å². The van der Waals surface area contributed by atoms with Gasteiger partial charge in [-0.15, -0.1) is 0 Å². The Labute approximate surface area is 147 Å². The fraction of sp³-hybridized carbons (Fsp3) is 0.700. The van der Waals surface area contributed by atoms with Gasteiger partial charge in [0, 0.05) is 13.1 Å². The number of rotatable bonds is 5. The molecule has 2 fully saturated rings. The minimum absolute atomic E-state index is 0.354. The first kappa shape index (κ1) is 17.9. The third-order valence-corrected chi connectivity index (χ3v) is 7.50. The normalized spacial score (nSPS) is 27.6. The Morgan fingerprint density at radius 2 is 1.88 bits per heavy atom.